The Morgan fingerprint density at radius 2 is 2.11 bits per heavy atom. The van der Waals surface area contributed by atoms with Gasteiger partial charge in [0.1, 0.15) is 0 Å². The maximum atomic E-state index is 6.05. The first kappa shape index (κ1) is 14.5. The van der Waals surface area contributed by atoms with Gasteiger partial charge in [-0.05, 0) is 50.8 Å². The predicted octanol–water partition coefficient (Wildman–Crippen LogP) is 2.59. The molecule has 0 bridgehead atoms. The van der Waals surface area contributed by atoms with E-state index in [4.69, 9.17) is 5.73 Å². The van der Waals surface area contributed by atoms with Crippen LogP contribution in [0.15, 0.2) is 18.2 Å². The molecule has 106 valence electrons. The van der Waals surface area contributed by atoms with Crippen molar-refractivity contribution in [3.05, 3.63) is 29.6 Å². The summed E-state index contributed by atoms with van der Waals surface area (Å²) in [5, 5.41) is 0. The zero-order valence-corrected chi connectivity index (χ0v) is 12.7. The fourth-order valence-corrected chi connectivity index (χ4v) is 3.12. The van der Waals surface area contributed by atoms with Gasteiger partial charge in [-0.1, -0.05) is 19.9 Å². The van der Waals surface area contributed by atoms with Gasteiger partial charge in [-0.15, -0.1) is 0 Å². The molecule has 1 aliphatic carbocycles. The van der Waals surface area contributed by atoms with Crippen LogP contribution >= 0.6 is 0 Å². The third-order valence-corrected chi connectivity index (χ3v) is 4.76. The number of hydrogen-bond acceptors (Lipinski definition) is 3. The third kappa shape index (κ3) is 2.98. The van der Waals surface area contributed by atoms with Gasteiger partial charge < -0.3 is 5.73 Å². The van der Waals surface area contributed by atoms with E-state index in [9.17, 15) is 0 Å². The van der Waals surface area contributed by atoms with Crippen LogP contribution in [-0.2, 0) is 6.54 Å². The van der Waals surface area contributed by atoms with Crippen LogP contribution in [0.25, 0.3) is 0 Å². The number of nitrogens with zero attached hydrogens (tertiary/aromatic N) is 2. The SMILES string of the molecule is Cc1cccc(CN(C)C2(CN)CC(C(C)C)C2)n1. The van der Waals surface area contributed by atoms with Crippen molar-refractivity contribution in [3.8, 4) is 0 Å². The van der Waals surface area contributed by atoms with E-state index >= 15 is 0 Å². The van der Waals surface area contributed by atoms with Gasteiger partial charge in [0.2, 0.25) is 0 Å². The Morgan fingerprint density at radius 1 is 1.42 bits per heavy atom. The lowest BCUT2D eigenvalue weighted by atomic mass is 9.63. The summed E-state index contributed by atoms with van der Waals surface area (Å²) in [6, 6.07) is 6.23. The van der Waals surface area contributed by atoms with Crippen LogP contribution in [0.4, 0.5) is 0 Å². The average molecular weight is 261 g/mol. The summed E-state index contributed by atoms with van der Waals surface area (Å²) in [6.45, 7) is 8.31. The molecule has 1 heterocycles. The first-order chi connectivity index (χ1) is 8.97. The number of likely N-dealkylation sites (N-methyl/N-ethyl adjacent to an activating group) is 1. The number of aromatic nitrogens is 1. The molecule has 0 radical (unpaired) electrons. The lowest BCUT2D eigenvalue weighted by molar-refractivity contribution is -0.0250. The van der Waals surface area contributed by atoms with Crippen LogP contribution in [0.3, 0.4) is 0 Å². The van der Waals surface area contributed by atoms with Gasteiger partial charge in [0, 0.05) is 24.3 Å². The third-order valence-electron chi connectivity index (χ3n) is 4.76. The standard InChI is InChI=1S/C16H27N3/c1-12(2)14-8-16(9-14,11-17)19(4)10-15-7-5-6-13(3)18-15/h5-7,12,14H,8-11,17H2,1-4H3. The van der Waals surface area contributed by atoms with E-state index in [1.807, 2.05) is 13.0 Å². The van der Waals surface area contributed by atoms with Crippen LogP contribution in [0, 0.1) is 18.8 Å². The fourth-order valence-electron chi connectivity index (χ4n) is 3.12. The van der Waals surface area contributed by atoms with Gasteiger partial charge in [0.05, 0.1) is 5.69 Å². The summed E-state index contributed by atoms with van der Waals surface area (Å²) in [5.41, 5.74) is 8.47. The Balaban J connectivity index is 2.01. The highest BCUT2D eigenvalue weighted by molar-refractivity contribution is 5.11. The second-order valence-corrected chi connectivity index (χ2v) is 6.47. The molecule has 1 saturated carbocycles. The molecule has 0 unspecified atom stereocenters. The van der Waals surface area contributed by atoms with Crippen LogP contribution in [-0.4, -0.2) is 29.0 Å². The van der Waals surface area contributed by atoms with Gasteiger partial charge in [0.15, 0.2) is 0 Å². The molecule has 3 heteroatoms. The van der Waals surface area contributed by atoms with E-state index in [1.54, 1.807) is 0 Å². The maximum Gasteiger partial charge on any atom is 0.0547 e. The summed E-state index contributed by atoms with van der Waals surface area (Å²) in [7, 11) is 2.19. The summed E-state index contributed by atoms with van der Waals surface area (Å²) < 4.78 is 0. The number of aryl methyl sites for hydroxylation is 1. The molecule has 0 spiro atoms. The Bertz CT molecular complexity index is 422. The predicted molar refractivity (Wildman–Crippen MR) is 79.8 cm³/mol. The largest absolute Gasteiger partial charge is 0.329 e. The molecule has 0 amide bonds. The molecule has 3 nitrogen and oxygen atoms in total. The minimum absolute atomic E-state index is 0.195. The first-order valence-corrected chi connectivity index (χ1v) is 7.31. The second kappa shape index (κ2) is 5.59. The van der Waals surface area contributed by atoms with Gasteiger partial charge in [-0.3, -0.25) is 9.88 Å². The first-order valence-electron chi connectivity index (χ1n) is 7.31. The highest BCUT2D eigenvalue weighted by atomic mass is 15.2. The molecule has 0 atom stereocenters. The topological polar surface area (TPSA) is 42.1 Å². The molecule has 2 N–H and O–H groups in total. The fraction of sp³-hybridized carbons (Fsp3) is 0.688. The van der Waals surface area contributed by atoms with Crippen molar-refractivity contribution in [1.82, 2.24) is 9.88 Å². The lowest BCUT2D eigenvalue weighted by Crippen LogP contribution is -2.61. The summed E-state index contributed by atoms with van der Waals surface area (Å²) in [5.74, 6) is 1.60. The van der Waals surface area contributed by atoms with E-state index in [-0.39, 0.29) is 5.54 Å². The number of rotatable bonds is 5. The van der Waals surface area contributed by atoms with Gasteiger partial charge in [-0.25, -0.2) is 0 Å². The normalized spacial score (nSPS) is 26.8. The molecule has 0 saturated heterocycles. The summed E-state index contributed by atoms with van der Waals surface area (Å²) in [6.07, 6.45) is 2.45. The molecule has 1 aliphatic rings. The average Bonchev–Trinajstić information content (AvgIpc) is 2.27. The van der Waals surface area contributed by atoms with E-state index in [0.29, 0.717) is 0 Å². The highest BCUT2D eigenvalue weighted by Crippen LogP contribution is 2.45. The summed E-state index contributed by atoms with van der Waals surface area (Å²) >= 11 is 0. The van der Waals surface area contributed by atoms with Crippen molar-refractivity contribution in [3.63, 3.8) is 0 Å². The molecule has 0 aliphatic heterocycles. The Hall–Kier alpha value is -0.930. The monoisotopic (exact) mass is 261 g/mol. The molecule has 1 fully saturated rings. The Kier molecular flexibility index (Phi) is 4.26. The second-order valence-electron chi connectivity index (χ2n) is 6.47. The van der Waals surface area contributed by atoms with Crippen molar-refractivity contribution < 1.29 is 0 Å². The lowest BCUT2D eigenvalue weighted by Gasteiger charge is -2.54. The van der Waals surface area contributed by atoms with Gasteiger partial charge >= 0.3 is 0 Å². The van der Waals surface area contributed by atoms with Crippen LogP contribution in [0.5, 0.6) is 0 Å². The zero-order chi connectivity index (χ0) is 14.0. The Labute approximate surface area is 117 Å². The van der Waals surface area contributed by atoms with Crippen LogP contribution in [0.1, 0.15) is 38.1 Å². The molecule has 19 heavy (non-hydrogen) atoms. The van der Waals surface area contributed by atoms with Gasteiger partial charge in [0.25, 0.3) is 0 Å². The van der Waals surface area contributed by atoms with Crippen LogP contribution < -0.4 is 5.73 Å². The molecule has 0 aromatic carbocycles. The van der Waals surface area contributed by atoms with Crippen molar-refractivity contribution >= 4 is 0 Å². The zero-order valence-electron chi connectivity index (χ0n) is 12.7. The summed E-state index contributed by atoms with van der Waals surface area (Å²) in [4.78, 5) is 7.00. The minimum Gasteiger partial charge on any atom is -0.329 e. The number of hydrogen-bond donors (Lipinski definition) is 1. The minimum atomic E-state index is 0.195. The Morgan fingerprint density at radius 3 is 2.63 bits per heavy atom. The molecule has 1 aromatic heterocycles. The molecular weight excluding hydrogens is 234 g/mol. The number of nitrogens with two attached hydrogens (primary N) is 1. The van der Waals surface area contributed by atoms with E-state index in [0.717, 1.165) is 36.3 Å². The van der Waals surface area contributed by atoms with Crippen molar-refractivity contribution in [1.29, 1.82) is 0 Å². The quantitative estimate of drug-likeness (QED) is 0.886. The highest BCUT2D eigenvalue weighted by Gasteiger charge is 2.46. The molecular formula is C16H27N3. The van der Waals surface area contributed by atoms with Crippen molar-refractivity contribution in [2.75, 3.05) is 13.6 Å². The van der Waals surface area contributed by atoms with Crippen molar-refractivity contribution in [2.24, 2.45) is 17.6 Å². The smallest absolute Gasteiger partial charge is 0.0547 e. The molecule has 2 rings (SSSR count). The van der Waals surface area contributed by atoms with Crippen molar-refractivity contribution in [2.45, 2.75) is 45.7 Å². The maximum absolute atomic E-state index is 6.05. The van der Waals surface area contributed by atoms with E-state index < -0.39 is 0 Å². The van der Waals surface area contributed by atoms with Gasteiger partial charge in [-0.2, -0.15) is 0 Å². The van der Waals surface area contributed by atoms with Crippen LogP contribution in [0.2, 0.25) is 0 Å². The van der Waals surface area contributed by atoms with E-state index in [1.165, 1.54) is 12.8 Å². The molecule has 1 aromatic rings. The number of pyridine rings is 1. The van der Waals surface area contributed by atoms with E-state index in [2.05, 4.69) is 42.9 Å².